The smallest absolute Gasteiger partial charge is 0.262 e. The lowest BCUT2D eigenvalue weighted by molar-refractivity contribution is -0.118. The Bertz CT molecular complexity index is 1020. The lowest BCUT2D eigenvalue weighted by atomic mass is 10.1. The number of nitrogens with one attached hydrogen (secondary N) is 2. The Hall–Kier alpha value is -3.80. The molecular weight excluding hydrogens is 380 g/mol. The van der Waals surface area contributed by atoms with Gasteiger partial charge in [0.15, 0.2) is 6.61 Å². The molecule has 0 unspecified atom stereocenters. The van der Waals surface area contributed by atoms with E-state index < -0.39 is 0 Å². The van der Waals surface area contributed by atoms with Gasteiger partial charge in [0.25, 0.3) is 11.8 Å². The second-order valence-electron chi connectivity index (χ2n) is 6.57. The number of hydrogen-bond acceptors (Lipinski definition) is 4. The highest BCUT2D eigenvalue weighted by Gasteiger charge is 2.11. The second kappa shape index (κ2) is 10.1. The molecule has 3 rings (SSSR count). The van der Waals surface area contributed by atoms with Crippen molar-refractivity contribution in [3.63, 3.8) is 0 Å². The Labute approximate surface area is 175 Å². The van der Waals surface area contributed by atoms with Gasteiger partial charge in [0.2, 0.25) is 0 Å². The van der Waals surface area contributed by atoms with Crippen LogP contribution in [-0.2, 0) is 11.2 Å². The highest BCUT2D eigenvalue weighted by atomic mass is 16.5. The number of aryl methyl sites for hydroxylation is 1. The monoisotopic (exact) mass is 404 g/mol. The van der Waals surface area contributed by atoms with E-state index >= 15 is 0 Å². The zero-order chi connectivity index (χ0) is 21.3. The molecule has 0 atom stereocenters. The van der Waals surface area contributed by atoms with Crippen LogP contribution in [0, 0.1) is 0 Å². The molecule has 0 saturated heterocycles. The summed E-state index contributed by atoms with van der Waals surface area (Å²) in [5.41, 5.74) is 2.96. The standard InChI is InChI=1S/C24H24N2O4/c1-3-17-7-6-8-19(15-17)25-23(27)16-30-20-13-11-18(12-14-20)26-24(28)21-9-4-5-10-22(21)29-2/h4-15H,3,16H2,1-2H3,(H,25,27)(H,26,28). The third-order valence-corrected chi connectivity index (χ3v) is 4.45. The Kier molecular flexibility index (Phi) is 7.05. The maximum Gasteiger partial charge on any atom is 0.262 e. The van der Waals surface area contributed by atoms with E-state index in [-0.39, 0.29) is 18.4 Å². The third kappa shape index (κ3) is 5.61. The van der Waals surface area contributed by atoms with E-state index in [4.69, 9.17) is 9.47 Å². The molecule has 3 aromatic rings. The molecule has 6 heteroatoms. The Morgan fingerprint density at radius 3 is 2.37 bits per heavy atom. The number of amides is 2. The summed E-state index contributed by atoms with van der Waals surface area (Å²) >= 11 is 0. The first-order valence-corrected chi connectivity index (χ1v) is 9.65. The van der Waals surface area contributed by atoms with Crippen molar-refractivity contribution < 1.29 is 19.1 Å². The quantitative estimate of drug-likeness (QED) is 0.578. The first kappa shape index (κ1) is 20.9. The van der Waals surface area contributed by atoms with Crippen molar-refractivity contribution in [2.24, 2.45) is 0 Å². The zero-order valence-corrected chi connectivity index (χ0v) is 17.0. The fourth-order valence-corrected chi connectivity index (χ4v) is 2.88. The van der Waals surface area contributed by atoms with Crippen molar-refractivity contribution in [2.45, 2.75) is 13.3 Å². The summed E-state index contributed by atoms with van der Waals surface area (Å²) in [4.78, 5) is 24.5. The van der Waals surface area contributed by atoms with Crippen LogP contribution in [0.15, 0.2) is 72.8 Å². The molecule has 2 N–H and O–H groups in total. The number of ether oxygens (including phenoxy) is 2. The molecule has 0 aliphatic heterocycles. The number of hydrogen-bond donors (Lipinski definition) is 2. The lowest BCUT2D eigenvalue weighted by Gasteiger charge is -2.11. The topological polar surface area (TPSA) is 76.7 Å². The van der Waals surface area contributed by atoms with Crippen molar-refractivity contribution >= 4 is 23.2 Å². The van der Waals surface area contributed by atoms with E-state index in [2.05, 4.69) is 17.6 Å². The molecule has 0 aromatic heterocycles. The molecule has 154 valence electrons. The Balaban J connectivity index is 1.53. The molecule has 0 radical (unpaired) electrons. The van der Waals surface area contributed by atoms with Crippen LogP contribution in [-0.4, -0.2) is 25.5 Å². The average Bonchev–Trinajstić information content (AvgIpc) is 2.78. The van der Waals surface area contributed by atoms with Gasteiger partial charge in [-0.2, -0.15) is 0 Å². The molecule has 30 heavy (non-hydrogen) atoms. The van der Waals surface area contributed by atoms with Crippen molar-refractivity contribution in [3.05, 3.63) is 83.9 Å². The van der Waals surface area contributed by atoms with Crippen LogP contribution < -0.4 is 20.1 Å². The SMILES string of the molecule is CCc1cccc(NC(=O)COc2ccc(NC(=O)c3ccccc3OC)cc2)c1. The normalized spacial score (nSPS) is 10.2. The lowest BCUT2D eigenvalue weighted by Crippen LogP contribution is -2.20. The highest BCUT2D eigenvalue weighted by molar-refractivity contribution is 6.06. The summed E-state index contributed by atoms with van der Waals surface area (Å²) in [5, 5.41) is 5.64. The number of anilines is 2. The number of rotatable bonds is 8. The molecular formula is C24H24N2O4. The Morgan fingerprint density at radius 2 is 1.63 bits per heavy atom. The summed E-state index contributed by atoms with van der Waals surface area (Å²) in [6.45, 7) is 1.95. The van der Waals surface area contributed by atoms with Gasteiger partial charge in [-0.15, -0.1) is 0 Å². The second-order valence-corrected chi connectivity index (χ2v) is 6.57. The van der Waals surface area contributed by atoms with E-state index in [9.17, 15) is 9.59 Å². The molecule has 0 aliphatic rings. The van der Waals surface area contributed by atoms with Crippen molar-refractivity contribution in [1.82, 2.24) is 0 Å². The molecule has 0 spiro atoms. The largest absolute Gasteiger partial charge is 0.496 e. The van der Waals surface area contributed by atoms with Gasteiger partial charge in [0.1, 0.15) is 11.5 Å². The van der Waals surface area contributed by atoms with E-state index in [1.54, 1.807) is 48.5 Å². The molecule has 2 amide bonds. The van der Waals surface area contributed by atoms with E-state index in [0.717, 1.165) is 17.7 Å². The summed E-state index contributed by atoms with van der Waals surface area (Å²) in [7, 11) is 1.52. The van der Waals surface area contributed by atoms with Crippen molar-refractivity contribution in [1.29, 1.82) is 0 Å². The van der Waals surface area contributed by atoms with Crippen molar-refractivity contribution in [2.75, 3.05) is 24.4 Å². The molecule has 3 aromatic carbocycles. The first-order chi connectivity index (χ1) is 14.6. The highest BCUT2D eigenvalue weighted by Crippen LogP contribution is 2.21. The van der Waals surface area contributed by atoms with Gasteiger partial charge < -0.3 is 20.1 Å². The van der Waals surface area contributed by atoms with Crippen LogP contribution in [0.5, 0.6) is 11.5 Å². The van der Waals surface area contributed by atoms with Crippen LogP contribution in [0.25, 0.3) is 0 Å². The number of carbonyl (C=O) groups is 2. The minimum Gasteiger partial charge on any atom is -0.496 e. The van der Waals surface area contributed by atoms with Crippen LogP contribution in [0.1, 0.15) is 22.8 Å². The number of para-hydroxylation sites is 1. The van der Waals surface area contributed by atoms with Crippen LogP contribution in [0.2, 0.25) is 0 Å². The fraction of sp³-hybridized carbons (Fsp3) is 0.167. The number of carbonyl (C=O) groups excluding carboxylic acids is 2. The third-order valence-electron chi connectivity index (χ3n) is 4.45. The average molecular weight is 404 g/mol. The zero-order valence-electron chi connectivity index (χ0n) is 17.0. The van der Waals surface area contributed by atoms with Gasteiger partial charge in [-0.05, 0) is 60.5 Å². The van der Waals surface area contributed by atoms with Gasteiger partial charge >= 0.3 is 0 Å². The van der Waals surface area contributed by atoms with Crippen LogP contribution in [0.3, 0.4) is 0 Å². The summed E-state index contributed by atoms with van der Waals surface area (Å²) in [6.07, 6.45) is 0.903. The Morgan fingerprint density at radius 1 is 0.867 bits per heavy atom. The molecule has 6 nitrogen and oxygen atoms in total. The van der Waals surface area contributed by atoms with Gasteiger partial charge in [-0.1, -0.05) is 31.2 Å². The van der Waals surface area contributed by atoms with Crippen molar-refractivity contribution in [3.8, 4) is 11.5 Å². The van der Waals surface area contributed by atoms with Gasteiger partial charge in [-0.25, -0.2) is 0 Å². The molecule has 0 bridgehead atoms. The number of methoxy groups -OCH3 is 1. The van der Waals surface area contributed by atoms with Gasteiger partial charge in [-0.3, -0.25) is 9.59 Å². The van der Waals surface area contributed by atoms with Gasteiger partial charge in [0, 0.05) is 11.4 Å². The van der Waals surface area contributed by atoms with E-state index in [1.165, 1.54) is 7.11 Å². The summed E-state index contributed by atoms with van der Waals surface area (Å²) in [5.74, 6) is 0.528. The summed E-state index contributed by atoms with van der Waals surface area (Å²) < 4.78 is 10.7. The minimum absolute atomic E-state index is 0.108. The van der Waals surface area contributed by atoms with E-state index in [1.807, 2.05) is 24.3 Å². The fourth-order valence-electron chi connectivity index (χ4n) is 2.88. The van der Waals surface area contributed by atoms with E-state index in [0.29, 0.717) is 22.7 Å². The van der Waals surface area contributed by atoms with Crippen LogP contribution in [0.4, 0.5) is 11.4 Å². The minimum atomic E-state index is -0.269. The molecule has 0 fully saturated rings. The maximum absolute atomic E-state index is 12.4. The molecule has 0 heterocycles. The number of benzene rings is 3. The summed E-state index contributed by atoms with van der Waals surface area (Å²) in [6, 6.07) is 21.5. The predicted molar refractivity (Wildman–Crippen MR) is 117 cm³/mol. The van der Waals surface area contributed by atoms with Gasteiger partial charge in [0.05, 0.1) is 12.7 Å². The molecule has 0 aliphatic carbocycles. The first-order valence-electron chi connectivity index (χ1n) is 9.65. The van der Waals surface area contributed by atoms with Crippen LogP contribution >= 0.6 is 0 Å². The predicted octanol–water partition coefficient (Wildman–Crippen LogP) is 4.53. The maximum atomic E-state index is 12.4. The molecule has 0 saturated carbocycles.